The number of benzene rings is 1. The maximum atomic E-state index is 13.6. The van der Waals surface area contributed by atoms with Crippen molar-refractivity contribution < 1.29 is 14.0 Å². The molecule has 0 aromatic heterocycles. The number of amides is 2. The summed E-state index contributed by atoms with van der Waals surface area (Å²) < 4.78 is 13.6. The highest BCUT2D eigenvalue weighted by molar-refractivity contribution is 6.30. The maximum Gasteiger partial charge on any atom is 0.253 e. The molecule has 3 rings (SSSR count). The van der Waals surface area contributed by atoms with E-state index in [-0.39, 0.29) is 29.3 Å². The Labute approximate surface area is 120 Å². The molecule has 2 amide bonds. The van der Waals surface area contributed by atoms with Gasteiger partial charge in [0.25, 0.3) is 5.91 Å². The van der Waals surface area contributed by atoms with Gasteiger partial charge in [0.1, 0.15) is 17.9 Å². The molecule has 0 radical (unpaired) electrons. The first kappa shape index (κ1) is 13.4. The van der Waals surface area contributed by atoms with Crippen LogP contribution in [0, 0.1) is 11.7 Å². The fourth-order valence-electron chi connectivity index (χ4n) is 2.68. The fourth-order valence-corrected chi connectivity index (χ4v) is 2.79. The van der Waals surface area contributed by atoms with Crippen LogP contribution in [-0.2, 0) is 9.59 Å². The molecule has 1 aliphatic heterocycles. The lowest BCUT2D eigenvalue weighted by Crippen LogP contribution is -2.66. The molecule has 1 aromatic rings. The third-order valence-electron chi connectivity index (χ3n) is 4.00. The lowest BCUT2D eigenvalue weighted by Gasteiger charge is -2.40. The Bertz CT molecular complexity index is 603. The standard InChI is InChI=1S/C14H14ClFN2O2/c1-14(8-2-3-8)13(20)18(7-12(19)17-14)9-4-5-10(15)11(16)6-9/h4-6,8H,2-3,7H2,1H3,(H,17,19). The Balaban J connectivity index is 1.97. The van der Waals surface area contributed by atoms with Gasteiger partial charge < -0.3 is 10.2 Å². The van der Waals surface area contributed by atoms with Gasteiger partial charge in [-0.1, -0.05) is 11.6 Å². The SMILES string of the molecule is CC1(C2CC2)NC(=O)CN(c2ccc(Cl)c(F)c2)C1=O. The zero-order chi connectivity index (χ0) is 14.5. The van der Waals surface area contributed by atoms with Gasteiger partial charge in [0.15, 0.2) is 0 Å². The number of nitrogens with one attached hydrogen (secondary N) is 1. The van der Waals surface area contributed by atoms with Crippen molar-refractivity contribution in [1.29, 1.82) is 0 Å². The van der Waals surface area contributed by atoms with Crippen LogP contribution < -0.4 is 10.2 Å². The highest BCUT2D eigenvalue weighted by atomic mass is 35.5. The summed E-state index contributed by atoms with van der Waals surface area (Å²) in [6.45, 7) is 1.64. The van der Waals surface area contributed by atoms with Crippen molar-refractivity contribution in [3.05, 3.63) is 29.0 Å². The number of piperazine rings is 1. The second kappa shape index (κ2) is 4.45. The number of rotatable bonds is 2. The van der Waals surface area contributed by atoms with Crippen molar-refractivity contribution in [2.24, 2.45) is 5.92 Å². The molecule has 1 aliphatic carbocycles. The topological polar surface area (TPSA) is 49.4 Å². The Hall–Kier alpha value is -1.62. The zero-order valence-electron chi connectivity index (χ0n) is 11.0. The summed E-state index contributed by atoms with van der Waals surface area (Å²) in [5.41, 5.74) is -0.524. The molecule has 2 fully saturated rings. The van der Waals surface area contributed by atoms with Crippen molar-refractivity contribution in [2.75, 3.05) is 11.4 Å². The Morgan fingerprint density at radius 2 is 2.10 bits per heavy atom. The molecule has 1 unspecified atom stereocenters. The van der Waals surface area contributed by atoms with Gasteiger partial charge in [-0.25, -0.2) is 4.39 Å². The summed E-state index contributed by atoms with van der Waals surface area (Å²) in [5, 5.41) is 2.77. The minimum absolute atomic E-state index is 0.00684. The molecule has 20 heavy (non-hydrogen) atoms. The number of hydrogen-bond donors (Lipinski definition) is 1. The molecule has 106 valence electrons. The molecular formula is C14H14ClFN2O2. The molecule has 1 N–H and O–H groups in total. The van der Waals surface area contributed by atoms with Crippen molar-refractivity contribution in [2.45, 2.75) is 25.3 Å². The van der Waals surface area contributed by atoms with Gasteiger partial charge in [-0.2, -0.15) is 0 Å². The zero-order valence-corrected chi connectivity index (χ0v) is 11.7. The van der Waals surface area contributed by atoms with Crippen LogP contribution in [0.25, 0.3) is 0 Å². The first-order valence-electron chi connectivity index (χ1n) is 6.50. The molecule has 6 heteroatoms. The summed E-state index contributed by atoms with van der Waals surface area (Å²) in [7, 11) is 0. The van der Waals surface area contributed by atoms with Gasteiger partial charge in [-0.3, -0.25) is 9.59 Å². The van der Waals surface area contributed by atoms with Crippen LogP contribution in [0.3, 0.4) is 0 Å². The molecule has 1 heterocycles. The molecule has 1 aromatic carbocycles. The summed E-state index contributed by atoms with van der Waals surface area (Å²) >= 11 is 5.64. The van der Waals surface area contributed by atoms with Gasteiger partial charge in [0.05, 0.1) is 5.02 Å². The van der Waals surface area contributed by atoms with Gasteiger partial charge >= 0.3 is 0 Å². The second-order valence-electron chi connectivity index (χ2n) is 5.51. The average molecular weight is 297 g/mol. The van der Waals surface area contributed by atoms with Crippen molar-refractivity contribution in [3.8, 4) is 0 Å². The van der Waals surface area contributed by atoms with E-state index in [9.17, 15) is 14.0 Å². The Morgan fingerprint density at radius 3 is 2.70 bits per heavy atom. The van der Waals surface area contributed by atoms with Crippen molar-refractivity contribution in [1.82, 2.24) is 5.32 Å². The molecule has 1 saturated carbocycles. The number of carbonyl (C=O) groups is 2. The predicted octanol–water partition coefficient (Wildman–Crippen LogP) is 2.11. The van der Waals surface area contributed by atoms with Crippen LogP contribution in [0.2, 0.25) is 5.02 Å². The third-order valence-corrected chi connectivity index (χ3v) is 4.31. The molecule has 1 saturated heterocycles. The molecule has 0 spiro atoms. The van der Waals surface area contributed by atoms with E-state index in [4.69, 9.17) is 11.6 Å². The van der Waals surface area contributed by atoms with E-state index in [0.29, 0.717) is 5.69 Å². The smallest absolute Gasteiger partial charge is 0.253 e. The lowest BCUT2D eigenvalue weighted by molar-refractivity contribution is -0.136. The number of hydrogen-bond acceptors (Lipinski definition) is 2. The fraction of sp³-hybridized carbons (Fsp3) is 0.429. The summed E-state index contributed by atoms with van der Waals surface area (Å²) in [5.74, 6) is -0.856. The minimum atomic E-state index is -0.883. The van der Waals surface area contributed by atoms with E-state index >= 15 is 0 Å². The number of anilines is 1. The second-order valence-corrected chi connectivity index (χ2v) is 5.92. The molecule has 1 atom stereocenters. The van der Waals surface area contributed by atoms with Crippen LogP contribution in [0.5, 0.6) is 0 Å². The third kappa shape index (κ3) is 2.06. The molecule has 2 aliphatic rings. The van der Waals surface area contributed by atoms with E-state index in [1.54, 1.807) is 13.0 Å². The highest BCUT2D eigenvalue weighted by Crippen LogP contribution is 2.42. The van der Waals surface area contributed by atoms with Crippen LogP contribution in [0.1, 0.15) is 19.8 Å². The molecular weight excluding hydrogens is 283 g/mol. The first-order valence-corrected chi connectivity index (χ1v) is 6.87. The summed E-state index contributed by atoms with van der Waals surface area (Å²) in [4.78, 5) is 25.8. The van der Waals surface area contributed by atoms with Crippen LogP contribution in [0.4, 0.5) is 10.1 Å². The Morgan fingerprint density at radius 1 is 1.40 bits per heavy atom. The van der Waals surface area contributed by atoms with Crippen molar-refractivity contribution in [3.63, 3.8) is 0 Å². The quantitative estimate of drug-likeness (QED) is 0.909. The van der Waals surface area contributed by atoms with Crippen LogP contribution in [-0.4, -0.2) is 23.9 Å². The van der Waals surface area contributed by atoms with Gasteiger partial charge in [0, 0.05) is 5.69 Å². The van der Waals surface area contributed by atoms with E-state index in [1.165, 1.54) is 17.0 Å². The maximum absolute atomic E-state index is 13.6. The molecule has 0 bridgehead atoms. The van der Waals surface area contributed by atoms with E-state index in [2.05, 4.69) is 5.32 Å². The van der Waals surface area contributed by atoms with E-state index in [0.717, 1.165) is 12.8 Å². The Kier molecular flexibility index (Phi) is 2.97. The minimum Gasteiger partial charge on any atom is -0.340 e. The molecule has 4 nitrogen and oxygen atoms in total. The highest BCUT2D eigenvalue weighted by Gasteiger charge is 2.52. The van der Waals surface area contributed by atoms with Crippen LogP contribution >= 0.6 is 11.6 Å². The monoisotopic (exact) mass is 296 g/mol. The number of carbonyl (C=O) groups excluding carboxylic acids is 2. The number of nitrogens with zero attached hydrogens (tertiary/aromatic N) is 1. The van der Waals surface area contributed by atoms with Crippen molar-refractivity contribution >= 4 is 29.1 Å². The van der Waals surface area contributed by atoms with Crippen LogP contribution in [0.15, 0.2) is 18.2 Å². The largest absolute Gasteiger partial charge is 0.340 e. The van der Waals surface area contributed by atoms with Gasteiger partial charge in [-0.15, -0.1) is 0 Å². The van der Waals surface area contributed by atoms with Gasteiger partial charge in [-0.05, 0) is 43.9 Å². The predicted molar refractivity (Wildman–Crippen MR) is 73.0 cm³/mol. The van der Waals surface area contributed by atoms with Gasteiger partial charge in [0.2, 0.25) is 5.91 Å². The average Bonchev–Trinajstić information content (AvgIpc) is 3.22. The lowest BCUT2D eigenvalue weighted by atomic mass is 9.91. The summed E-state index contributed by atoms with van der Waals surface area (Å²) in [6, 6.07) is 4.13. The van der Waals surface area contributed by atoms with E-state index in [1.807, 2.05) is 0 Å². The first-order chi connectivity index (χ1) is 9.41. The number of halogens is 2. The van der Waals surface area contributed by atoms with E-state index < -0.39 is 11.4 Å². The normalized spacial score (nSPS) is 26.6. The summed E-state index contributed by atoms with van der Waals surface area (Å²) in [6.07, 6.45) is 1.84.